The number of benzene rings is 1. The van der Waals surface area contributed by atoms with Crippen LogP contribution in [0.25, 0.3) is 6.08 Å². The Hall–Kier alpha value is -4.05. The van der Waals surface area contributed by atoms with Crippen LogP contribution in [-0.2, 0) is 4.79 Å². The molecule has 2 amide bonds. The number of rotatable bonds is 7. The van der Waals surface area contributed by atoms with Crippen molar-refractivity contribution >= 4 is 40.1 Å². The van der Waals surface area contributed by atoms with Gasteiger partial charge in [-0.3, -0.25) is 25.4 Å². The molecule has 0 fully saturated rings. The zero-order chi connectivity index (χ0) is 22.2. The number of anilines is 1. The molecule has 0 spiro atoms. The van der Waals surface area contributed by atoms with Crippen molar-refractivity contribution in [2.75, 3.05) is 5.43 Å². The van der Waals surface area contributed by atoms with Gasteiger partial charge in [-0.1, -0.05) is 29.5 Å². The number of para-hydroxylation sites is 1. The van der Waals surface area contributed by atoms with E-state index >= 15 is 0 Å². The molecule has 4 N–H and O–H groups in total. The number of carbonyl (C=O) groups excluding carboxylic acids is 2. The van der Waals surface area contributed by atoms with Gasteiger partial charge in [0, 0.05) is 30.4 Å². The fraction of sp³-hybridized carbons (Fsp3) is 0.0952. The van der Waals surface area contributed by atoms with Crippen molar-refractivity contribution in [3.05, 3.63) is 76.6 Å². The van der Waals surface area contributed by atoms with Gasteiger partial charge in [-0.2, -0.15) is 5.10 Å². The Morgan fingerprint density at radius 2 is 1.90 bits per heavy atom. The van der Waals surface area contributed by atoms with Gasteiger partial charge in [-0.15, -0.1) is 0 Å². The number of nitrogens with one attached hydrogen (secondary N) is 3. The van der Waals surface area contributed by atoms with Gasteiger partial charge in [0.1, 0.15) is 11.5 Å². The number of aromatic hydroxyl groups is 1. The summed E-state index contributed by atoms with van der Waals surface area (Å²) in [6.45, 7) is 3.17. The average molecular weight is 436 g/mol. The van der Waals surface area contributed by atoms with Gasteiger partial charge in [-0.05, 0) is 37.3 Å². The summed E-state index contributed by atoms with van der Waals surface area (Å²) < 4.78 is 0. The van der Waals surface area contributed by atoms with E-state index in [1.807, 2.05) is 0 Å². The maximum Gasteiger partial charge on any atom is 0.271 e. The van der Waals surface area contributed by atoms with E-state index in [-0.39, 0.29) is 11.7 Å². The summed E-state index contributed by atoms with van der Waals surface area (Å²) in [4.78, 5) is 32.5. The lowest BCUT2D eigenvalue weighted by atomic mass is 10.1. The van der Waals surface area contributed by atoms with Gasteiger partial charge in [0.05, 0.1) is 10.6 Å². The van der Waals surface area contributed by atoms with E-state index in [4.69, 9.17) is 0 Å². The summed E-state index contributed by atoms with van der Waals surface area (Å²) in [6, 6.07) is 10.0. The molecule has 0 saturated carbocycles. The number of hydrazone groups is 1. The number of phenolic OH excluding ortho intramolecular Hbond substituents is 1. The minimum Gasteiger partial charge on any atom is -0.507 e. The SMILES string of the molecule is CC(=O)NNc1nc(C)c(C(/C=C/c2ccccc2O)=N\NC(=O)c2ccncc2)s1. The van der Waals surface area contributed by atoms with Gasteiger partial charge in [0.25, 0.3) is 5.91 Å². The lowest BCUT2D eigenvalue weighted by Gasteiger charge is -2.03. The third kappa shape index (κ3) is 5.97. The van der Waals surface area contributed by atoms with E-state index in [2.05, 4.69) is 31.3 Å². The van der Waals surface area contributed by atoms with Crippen molar-refractivity contribution in [1.29, 1.82) is 0 Å². The quantitative estimate of drug-likeness (QED) is 0.333. The largest absolute Gasteiger partial charge is 0.507 e. The van der Waals surface area contributed by atoms with Crippen molar-refractivity contribution in [2.24, 2.45) is 5.10 Å². The smallest absolute Gasteiger partial charge is 0.271 e. The van der Waals surface area contributed by atoms with Crippen LogP contribution in [0.4, 0.5) is 5.13 Å². The third-order valence-electron chi connectivity index (χ3n) is 3.95. The minimum atomic E-state index is -0.394. The summed E-state index contributed by atoms with van der Waals surface area (Å²) in [5.74, 6) is -0.532. The molecular formula is C21H20N6O3S. The Balaban J connectivity index is 1.91. The molecule has 1 aromatic carbocycles. The highest BCUT2D eigenvalue weighted by Crippen LogP contribution is 2.24. The molecule has 3 aromatic rings. The van der Waals surface area contributed by atoms with Gasteiger partial charge in [-0.25, -0.2) is 10.4 Å². The molecule has 31 heavy (non-hydrogen) atoms. The zero-order valence-electron chi connectivity index (χ0n) is 16.8. The predicted molar refractivity (Wildman–Crippen MR) is 120 cm³/mol. The summed E-state index contributed by atoms with van der Waals surface area (Å²) in [5.41, 5.74) is 9.81. The topological polar surface area (TPSA) is 129 Å². The number of aromatic nitrogens is 2. The number of hydrazine groups is 1. The molecule has 2 heterocycles. The number of allylic oxidation sites excluding steroid dienone is 1. The number of amides is 2. The summed E-state index contributed by atoms with van der Waals surface area (Å²) >= 11 is 1.25. The second-order valence-electron chi connectivity index (χ2n) is 6.31. The van der Waals surface area contributed by atoms with E-state index < -0.39 is 5.91 Å². The van der Waals surface area contributed by atoms with Crippen molar-refractivity contribution in [3.8, 4) is 5.75 Å². The van der Waals surface area contributed by atoms with Crippen molar-refractivity contribution < 1.29 is 14.7 Å². The number of nitrogens with zero attached hydrogens (tertiary/aromatic N) is 3. The van der Waals surface area contributed by atoms with E-state index in [1.165, 1.54) is 30.7 Å². The molecule has 10 heteroatoms. The maximum atomic E-state index is 12.4. The first-order chi connectivity index (χ1) is 14.9. The number of carbonyl (C=O) groups is 2. The highest BCUT2D eigenvalue weighted by Gasteiger charge is 2.14. The molecule has 3 rings (SSSR count). The number of thiazole rings is 1. The number of hydrogen-bond donors (Lipinski definition) is 4. The second kappa shape index (κ2) is 10.1. The van der Waals surface area contributed by atoms with Crippen molar-refractivity contribution in [1.82, 2.24) is 20.8 Å². The maximum absolute atomic E-state index is 12.4. The van der Waals surface area contributed by atoms with Gasteiger partial charge in [0.15, 0.2) is 0 Å². The summed E-state index contributed by atoms with van der Waals surface area (Å²) in [6.07, 6.45) is 6.40. The van der Waals surface area contributed by atoms with Crippen LogP contribution >= 0.6 is 11.3 Å². The Morgan fingerprint density at radius 3 is 2.61 bits per heavy atom. The Bertz CT molecular complexity index is 1140. The first-order valence-corrected chi connectivity index (χ1v) is 10.00. The first kappa shape index (κ1) is 21.7. The van der Waals surface area contributed by atoms with Crippen LogP contribution in [0.3, 0.4) is 0 Å². The van der Waals surface area contributed by atoms with Crippen molar-refractivity contribution in [2.45, 2.75) is 13.8 Å². The predicted octanol–water partition coefficient (Wildman–Crippen LogP) is 2.86. The molecular weight excluding hydrogens is 416 g/mol. The molecule has 9 nitrogen and oxygen atoms in total. The van der Waals surface area contributed by atoms with E-state index in [9.17, 15) is 14.7 Å². The normalized spacial score (nSPS) is 11.4. The fourth-order valence-electron chi connectivity index (χ4n) is 2.47. The molecule has 0 saturated heterocycles. The molecule has 0 bridgehead atoms. The highest BCUT2D eigenvalue weighted by molar-refractivity contribution is 7.17. The third-order valence-corrected chi connectivity index (χ3v) is 5.05. The number of pyridine rings is 1. The zero-order valence-corrected chi connectivity index (χ0v) is 17.6. The van der Waals surface area contributed by atoms with Crippen LogP contribution < -0.4 is 16.3 Å². The van der Waals surface area contributed by atoms with Crippen molar-refractivity contribution in [3.63, 3.8) is 0 Å². The van der Waals surface area contributed by atoms with Gasteiger partial charge >= 0.3 is 0 Å². The second-order valence-corrected chi connectivity index (χ2v) is 7.30. The van der Waals surface area contributed by atoms with Crippen LogP contribution in [0.2, 0.25) is 0 Å². The molecule has 158 valence electrons. The Kier molecular flexibility index (Phi) is 7.07. The Morgan fingerprint density at radius 1 is 1.16 bits per heavy atom. The van der Waals surface area contributed by atoms with E-state index in [0.717, 1.165) is 0 Å². The van der Waals surface area contributed by atoms with Gasteiger partial charge in [0.2, 0.25) is 11.0 Å². The van der Waals surface area contributed by atoms with Gasteiger partial charge < -0.3 is 5.11 Å². The van der Waals surface area contributed by atoms with Crippen LogP contribution in [0, 0.1) is 6.92 Å². The molecule has 0 aliphatic rings. The molecule has 0 aliphatic heterocycles. The first-order valence-electron chi connectivity index (χ1n) is 9.18. The number of phenols is 1. The van der Waals surface area contributed by atoms with Crippen LogP contribution in [-0.4, -0.2) is 32.6 Å². The van der Waals surface area contributed by atoms with E-state index in [0.29, 0.717) is 32.5 Å². The molecule has 0 atom stereocenters. The summed E-state index contributed by atoms with van der Waals surface area (Å²) in [7, 11) is 0. The Labute approximate surface area is 182 Å². The average Bonchev–Trinajstić information content (AvgIpc) is 3.14. The lowest BCUT2D eigenvalue weighted by molar-refractivity contribution is -0.118. The van der Waals surface area contributed by atoms with Crippen LogP contribution in [0.5, 0.6) is 5.75 Å². The van der Waals surface area contributed by atoms with E-state index in [1.54, 1.807) is 55.5 Å². The number of aryl methyl sites for hydroxylation is 1. The monoisotopic (exact) mass is 436 g/mol. The lowest BCUT2D eigenvalue weighted by Crippen LogP contribution is -2.26. The molecule has 0 aliphatic carbocycles. The molecule has 2 aromatic heterocycles. The number of hydrogen-bond acceptors (Lipinski definition) is 8. The fourth-order valence-corrected chi connectivity index (χ4v) is 3.36. The highest BCUT2D eigenvalue weighted by atomic mass is 32.1. The van der Waals surface area contributed by atoms with Crippen LogP contribution in [0.1, 0.15) is 33.4 Å². The summed E-state index contributed by atoms with van der Waals surface area (Å²) in [5, 5.41) is 14.7. The molecule has 0 unspecified atom stereocenters. The standard InChI is InChI=1S/C21H20N6O3S/c1-13-19(31-21(23-13)27-24-14(2)28)17(8-7-15-5-3-4-6-18(15)29)25-26-20(30)16-9-11-22-12-10-16/h3-12,29H,1-2H3,(H,23,27)(H,24,28)(H,26,30)/b8-7+,25-17-. The minimum absolute atomic E-state index is 0.118. The van der Waals surface area contributed by atoms with Crippen LogP contribution in [0.15, 0.2) is 60.0 Å². The molecule has 0 radical (unpaired) electrons.